The molecule has 2 aromatic rings. The van der Waals surface area contributed by atoms with Crippen LogP contribution in [0.25, 0.3) is 0 Å². The fourth-order valence-corrected chi connectivity index (χ4v) is 3.19. The van der Waals surface area contributed by atoms with Crippen molar-refractivity contribution in [2.24, 2.45) is 0 Å². The Morgan fingerprint density at radius 1 is 1.11 bits per heavy atom. The Labute approximate surface area is 167 Å². The minimum atomic E-state index is -1.04. The zero-order valence-corrected chi connectivity index (χ0v) is 15.9. The maximum atomic E-state index is 12.8. The first kappa shape index (κ1) is 18.6. The Hall–Kier alpha value is -2.73. The van der Waals surface area contributed by atoms with Crippen molar-refractivity contribution in [3.8, 4) is 11.5 Å². The SMILES string of the molecule is O=C(O[C@H](C(=O)NC1CC1)c1ccccc1)c1cc(Cl)c2c(c1)OCCCO2. The number of hydrogen-bond acceptors (Lipinski definition) is 5. The average molecular weight is 402 g/mol. The van der Waals surface area contributed by atoms with E-state index in [1.165, 1.54) is 12.1 Å². The summed E-state index contributed by atoms with van der Waals surface area (Å²) in [6.45, 7) is 0.964. The smallest absolute Gasteiger partial charge is 0.339 e. The van der Waals surface area contributed by atoms with Crippen molar-refractivity contribution in [2.75, 3.05) is 13.2 Å². The van der Waals surface area contributed by atoms with Gasteiger partial charge in [0.2, 0.25) is 6.10 Å². The highest BCUT2D eigenvalue weighted by atomic mass is 35.5. The molecule has 1 atom stereocenters. The third-order valence-corrected chi connectivity index (χ3v) is 4.81. The zero-order chi connectivity index (χ0) is 19.5. The number of halogens is 1. The number of benzene rings is 2. The van der Waals surface area contributed by atoms with Gasteiger partial charge in [-0.05, 0) is 25.0 Å². The molecule has 146 valence electrons. The molecular formula is C21H20ClNO5. The lowest BCUT2D eigenvalue weighted by Gasteiger charge is -2.18. The molecule has 1 N–H and O–H groups in total. The molecule has 1 heterocycles. The van der Waals surface area contributed by atoms with Crippen LogP contribution in [0, 0.1) is 0 Å². The maximum Gasteiger partial charge on any atom is 0.339 e. The summed E-state index contributed by atoms with van der Waals surface area (Å²) < 4.78 is 16.8. The molecule has 1 aliphatic heterocycles. The maximum absolute atomic E-state index is 12.8. The number of esters is 1. The normalized spacial score (nSPS) is 16.6. The monoisotopic (exact) mass is 401 g/mol. The van der Waals surface area contributed by atoms with E-state index in [1.807, 2.05) is 6.07 Å². The van der Waals surface area contributed by atoms with E-state index >= 15 is 0 Å². The van der Waals surface area contributed by atoms with Gasteiger partial charge >= 0.3 is 5.97 Å². The third-order valence-electron chi connectivity index (χ3n) is 4.53. The lowest BCUT2D eigenvalue weighted by Crippen LogP contribution is -2.33. The van der Waals surface area contributed by atoms with E-state index in [0.717, 1.165) is 19.3 Å². The van der Waals surface area contributed by atoms with Gasteiger partial charge in [0.1, 0.15) is 0 Å². The van der Waals surface area contributed by atoms with E-state index in [-0.39, 0.29) is 22.5 Å². The number of ether oxygens (including phenoxy) is 3. The molecule has 2 aliphatic rings. The summed E-state index contributed by atoms with van der Waals surface area (Å²) in [5.74, 6) is -0.169. The molecule has 0 aromatic heterocycles. The first-order chi connectivity index (χ1) is 13.6. The molecule has 1 fully saturated rings. The largest absolute Gasteiger partial charge is 0.489 e. The molecule has 0 spiro atoms. The van der Waals surface area contributed by atoms with Crippen molar-refractivity contribution in [1.82, 2.24) is 5.32 Å². The molecule has 0 unspecified atom stereocenters. The number of hydrogen-bond donors (Lipinski definition) is 1. The van der Waals surface area contributed by atoms with Gasteiger partial charge in [-0.25, -0.2) is 4.79 Å². The third kappa shape index (κ3) is 4.22. The van der Waals surface area contributed by atoms with Crippen molar-refractivity contribution >= 4 is 23.5 Å². The van der Waals surface area contributed by atoms with Crippen LogP contribution in [0.4, 0.5) is 0 Å². The standard InChI is InChI=1S/C21H20ClNO5/c22-16-11-14(12-17-19(16)27-10-4-9-26-17)21(25)28-18(13-5-2-1-3-6-13)20(24)23-15-7-8-15/h1-3,5-6,11-12,15,18H,4,7-10H2,(H,23,24)/t18-/m0/s1. The summed E-state index contributed by atoms with van der Waals surface area (Å²) in [6.07, 6.45) is 1.57. The van der Waals surface area contributed by atoms with Crippen LogP contribution in [0.1, 0.15) is 41.3 Å². The number of carbonyl (C=O) groups excluding carboxylic acids is 2. The van der Waals surface area contributed by atoms with E-state index in [4.69, 9.17) is 25.8 Å². The van der Waals surface area contributed by atoms with Gasteiger partial charge in [0.15, 0.2) is 11.5 Å². The number of carbonyl (C=O) groups is 2. The fraction of sp³-hybridized carbons (Fsp3) is 0.333. The second kappa shape index (κ2) is 8.10. The molecule has 1 aliphatic carbocycles. The van der Waals surface area contributed by atoms with Crippen LogP contribution in [0.2, 0.25) is 5.02 Å². The molecule has 0 saturated heterocycles. The van der Waals surface area contributed by atoms with Crippen LogP contribution >= 0.6 is 11.6 Å². The van der Waals surface area contributed by atoms with Gasteiger partial charge in [-0.2, -0.15) is 0 Å². The molecule has 0 radical (unpaired) electrons. The van der Waals surface area contributed by atoms with Gasteiger partial charge in [0, 0.05) is 18.0 Å². The van der Waals surface area contributed by atoms with Gasteiger partial charge in [-0.15, -0.1) is 0 Å². The van der Waals surface area contributed by atoms with Crippen LogP contribution in [-0.4, -0.2) is 31.1 Å². The summed E-state index contributed by atoms with van der Waals surface area (Å²) in [6, 6.07) is 12.1. The molecule has 4 rings (SSSR count). The van der Waals surface area contributed by atoms with E-state index in [0.29, 0.717) is 30.3 Å². The highest BCUT2D eigenvalue weighted by Crippen LogP contribution is 2.38. The molecule has 7 heteroatoms. The quantitative estimate of drug-likeness (QED) is 0.773. The Bertz CT molecular complexity index is 882. The highest BCUT2D eigenvalue weighted by molar-refractivity contribution is 6.32. The Kier molecular flexibility index (Phi) is 5.39. The highest BCUT2D eigenvalue weighted by Gasteiger charge is 2.31. The average Bonchev–Trinajstić information content (AvgIpc) is 3.53. The van der Waals surface area contributed by atoms with E-state index in [9.17, 15) is 9.59 Å². The minimum absolute atomic E-state index is 0.157. The number of nitrogens with one attached hydrogen (secondary N) is 1. The van der Waals surface area contributed by atoms with Crippen LogP contribution in [-0.2, 0) is 9.53 Å². The van der Waals surface area contributed by atoms with Crippen LogP contribution < -0.4 is 14.8 Å². The van der Waals surface area contributed by atoms with Crippen molar-refractivity contribution in [3.63, 3.8) is 0 Å². The van der Waals surface area contributed by atoms with Crippen LogP contribution in [0.15, 0.2) is 42.5 Å². The molecule has 1 amide bonds. The summed E-state index contributed by atoms with van der Waals surface area (Å²) >= 11 is 6.27. The molecule has 6 nitrogen and oxygen atoms in total. The predicted octanol–water partition coefficient (Wildman–Crippen LogP) is 3.68. The van der Waals surface area contributed by atoms with Crippen LogP contribution in [0.5, 0.6) is 11.5 Å². The predicted molar refractivity (Wildman–Crippen MR) is 103 cm³/mol. The van der Waals surface area contributed by atoms with Crippen molar-refractivity contribution in [2.45, 2.75) is 31.4 Å². The Balaban J connectivity index is 1.58. The summed E-state index contributed by atoms with van der Waals surface area (Å²) in [5, 5.41) is 3.16. The van der Waals surface area contributed by atoms with Crippen molar-refractivity contribution < 1.29 is 23.8 Å². The Morgan fingerprint density at radius 3 is 2.61 bits per heavy atom. The summed E-state index contributed by atoms with van der Waals surface area (Å²) in [4.78, 5) is 25.4. The van der Waals surface area contributed by atoms with Gasteiger partial charge in [0.05, 0.1) is 23.8 Å². The second-order valence-corrected chi connectivity index (χ2v) is 7.22. The van der Waals surface area contributed by atoms with E-state index in [2.05, 4.69) is 5.32 Å². The number of fused-ring (bicyclic) bond motifs is 1. The van der Waals surface area contributed by atoms with Gasteiger partial charge in [-0.3, -0.25) is 4.79 Å². The minimum Gasteiger partial charge on any atom is -0.489 e. The molecule has 0 bridgehead atoms. The van der Waals surface area contributed by atoms with Crippen molar-refractivity contribution in [3.05, 3.63) is 58.6 Å². The first-order valence-corrected chi connectivity index (χ1v) is 9.65. The fourth-order valence-electron chi connectivity index (χ4n) is 2.93. The lowest BCUT2D eigenvalue weighted by molar-refractivity contribution is -0.130. The van der Waals surface area contributed by atoms with Gasteiger partial charge in [-0.1, -0.05) is 41.9 Å². The first-order valence-electron chi connectivity index (χ1n) is 9.27. The van der Waals surface area contributed by atoms with Crippen molar-refractivity contribution in [1.29, 1.82) is 0 Å². The summed E-state index contributed by atoms with van der Waals surface area (Å²) in [5.41, 5.74) is 0.809. The molecular weight excluding hydrogens is 382 g/mol. The van der Waals surface area contributed by atoms with Gasteiger partial charge < -0.3 is 19.5 Å². The van der Waals surface area contributed by atoms with Gasteiger partial charge in [0.25, 0.3) is 5.91 Å². The second-order valence-electron chi connectivity index (χ2n) is 6.81. The molecule has 2 aromatic carbocycles. The number of amides is 1. The number of rotatable bonds is 5. The van der Waals surface area contributed by atoms with E-state index in [1.54, 1.807) is 24.3 Å². The Morgan fingerprint density at radius 2 is 1.86 bits per heavy atom. The summed E-state index contributed by atoms with van der Waals surface area (Å²) in [7, 11) is 0. The van der Waals surface area contributed by atoms with E-state index < -0.39 is 12.1 Å². The van der Waals surface area contributed by atoms with Crippen LogP contribution in [0.3, 0.4) is 0 Å². The molecule has 1 saturated carbocycles. The molecule has 28 heavy (non-hydrogen) atoms. The lowest BCUT2D eigenvalue weighted by atomic mass is 10.1. The zero-order valence-electron chi connectivity index (χ0n) is 15.2. The topological polar surface area (TPSA) is 73.9 Å².